The molecule has 0 aliphatic carbocycles. The predicted octanol–water partition coefficient (Wildman–Crippen LogP) is 0.790. The lowest BCUT2D eigenvalue weighted by atomic mass is 10.2. The second-order valence-electron chi connectivity index (χ2n) is 4.76. The molecule has 0 atom stereocenters. The number of nitrogen functional groups attached to an aromatic ring is 1. The smallest absolute Gasteiger partial charge is 0.266 e. The van der Waals surface area contributed by atoms with Gasteiger partial charge in [-0.1, -0.05) is 6.07 Å². The maximum Gasteiger partial charge on any atom is 0.266 e. The SMILES string of the molecule is CS(=O)(=O)N(Cc1ccc(C(=O)NN)cn1)c1cccc(F)c1. The van der Waals surface area contributed by atoms with E-state index >= 15 is 0 Å². The summed E-state index contributed by atoms with van der Waals surface area (Å²) in [6.07, 6.45) is 2.30. The molecule has 1 heterocycles. The molecule has 2 rings (SSSR count). The molecule has 122 valence electrons. The van der Waals surface area contributed by atoms with Crippen LogP contribution >= 0.6 is 0 Å². The zero-order valence-corrected chi connectivity index (χ0v) is 13.0. The Balaban J connectivity index is 2.31. The number of nitrogens with two attached hydrogens (primary N) is 1. The quantitative estimate of drug-likeness (QED) is 0.476. The van der Waals surface area contributed by atoms with Crippen molar-refractivity contribution >= 4 is 21.6 Å². The number of anilines is 1. The van der Waals surface area contributed by atoms with Crippen LogP contribution in [-0.2, 0) is 16.6 Å². The van der Waals surface area contributed by atoms with Gasteiger partial charge in [0, 0.05) is 6.20 Å². The average molecular weight is 338 g/mol. The fourth-order valence-corrected chi connectivity index (χ4v) is 2.78. The third-order valence-corrected chi connectivity index (χ3v) is 4.16. The van der Waals surface area contributed by atoms with Crippen molar-refractivity contribution in [2.45, 2.75) is 6.54 Å². The first kappa shape index (κ1) is 16.8. The molecule has 1 amide bonds. The molecule has 0 radical (unpaired) electrons. The second-order valence-corrected chi connectivity index (χ2v) is 6.67. The van der Waals surface area contributed by atoms with Crippen molar-refractivity contribution in [3.05, 3.63) is 59.7 Å². The van der Waals surface area contributed by atoms with Gasteiger partial charge in [-0.15, -0.1) is 0 Å². The Morgan fingerprint density at radius 1 is 1.35 bits per heavy atom. The summed E-state index contributed by atoms with van der Waals surface area (Å²) >= 11 is 0. The predicted molar refractivity (Wildman–Crippen MR) is 83.3 cm³/mol. The lowest BCUT2D eigenvalue weighted by Crippen LogP contribution is -2.31. The molecule has 0 bridgehead atoms. The third-order valence-electron chi connectivity index (χ3n) is 3.02. The summed E-state index contributed by atoms with van der Waals surface area (Å²) in [4.78, 5) is 15.4. The summed E-state index contributed by atoms with van der Waals surface area (Å²) in [5.74, 6) is 3.97. The van der Waals surface area contributed by atoms with E-state index in [9.17, 15) is 17.6 Å². The van der Waals surface area contributed by atoms with Crippen LogP contribution in [0.15, 0.2) is 42.6 Å². The molecule has 9 heteroatoms. The van der Waals surface area contributed by atoms with Crippen LogP contribution in [0.2, 0.25) is 0 Å². The fourth-order valence-electron chi connectivity index (χ4n) is 1.91. The van der Waals surface area contributed by atoms with Gasteiger partial charge < -0.3 is 0 Å². The molecule has 23 heavy (non-hydrogen) atoms. The Kier molecular flexibility index (Phi) is 4.92. The highest BCUT2D eigenvalue weighted by molar-refractivity contribution is 7.92. The largest absolute Gasteiger partial charge is 0.290 e. The number of hydrazine groups is 1. The summed E-state index contributed by atoms with van der Waals surface area (Å²) in [5.41, 5.74) is 2.80. The maximum atomic E-state index is 13.3. The molecule has 2 aromatic rings. The van der Waals surface area contributed by atoms with Crippen LogP contribution in [-0.4, -0.2) is 25.6 Å². The number of pyridine rings is 1. The van der Waals surface area contributed by atoms with Gasteiger partial charge in [-0.2, -0.15) is 0 Å². The number of hydrogen-bond acceptors (Lipinski definition) is 5. The molecule has 3 N–H and O–H groups in total. The standard InChI is InChI=1S/C14H15FN4O3S/c1-23(21,22)19(13-4-2-3-11(15)7-13)9-12-6-5-10(8-17-12)14(20)18-16/h2-8H,9,16H2,1H3,(H,18,20). The number of carbonyl (C=O) groups is 1. The normalized spacial score (nSPS) is 11.1. The molecule has 0 fully saturated rings. The van der Waals surface area contributed by atoms with E-state index in [1.54, 1.807) is 0 Å². The summed E-state index contributed by atoms with van der Waals surface area (Å²) in [6.45, 7) is -0.0905. The Morgan fingerprint density at radius 3 is 2.61 bits per heavy atom. The van der Waals surface area contributed by atoms with E-state index in [0.29, 0.717) is 5.69 Å². The van der Waals surface area contributed by atoms with E-state index in [1.165, 1.54) is 36.5 Å². The van der Waals surface area contributed by atoms with Crippen molar-refractivity contribution in [2.24, 2.45) is 5.84 Å². The van der Waals surface area contributed by atoms with Crippen molar-refractivity contribution in [1.29, 1.82) is 0 Å². The topological polar surface area (TPSA) is 105 Å². The Morgan fingerprint density at radius 2 is 2.09 bits per heavy atom. The van der Waals surface area contributed by atoms with E-state index in [0.717, 1.165) is 16.6 Å². The lowest BCUT2D eigenvalue weighted by molar-refractivity contribution is 0.0953. The molecule has 7 nitrogen and oxygen atoms in total. The van der Waals surface area contributed by atoms with Gasteiger partial charge >= 0.3 is 0 Å². The van der Waals surface area contributed by atoms with E-state index in [4.69, 9.17) is 5.84 Å². The van der Waals surface area contributed by atoms with E-state index in [1.807, 2.05) is 5.43 Å². The Labute approximate surface area is 133 Å². The minimum absolute atomic E-state index is 0.0905. The molecule has 0 saturated heterocycles. The number of nitrogens with one attached hydrogen (secondary N) is 1. The summed E-state index contributed by atoms with van der Waals surface area (Å²) < 4.78 is 38.3. The lowest BCUT2D eigenvalue weighted by Gasteiger charge is -2.22. The summed E-state index contributed by atoms with van der Waals surface area (Å²) in [7, 11) is -3.64. The molecule has 1 aromatic heterocycles. The monoisotopic (exact) mass is 338 g/mol. The van der Waals surface area contributed by atoms with Crippen LogP contribution in [0.25, 0.3) is 0 Å². The number of sulfonamides is 1. The number of aromatic nitrogens is 1. The maximum absolute atomic E-state index is 13.3. The zero-order chi connectivity index (χ0) is 17.0. The Hall–Kier alpha value is -2.52. The van der Waals surface area contributed by atoms with Crippen molar-refractivity contribution in [3.63, 3.8) is 0 Å². The first-order valence-electron chi connectivity index (χ1n) is 6.50. The Bertz CT molecular complexity index is 809. The highest BCUT2D eigenvalue weighted by Crippen LogP contribution is 2.20. The van der Waals surface area contributed by atoms with Gasteiger partial charge in [-0.3, -0.25) is 19.5 Å². The molecule has 0 saturated carbocycles. The van der Waals surface area contributed by atoms with Crippen LogP contribution < -0.4 is 15.6 Å². The molecule has 1 aromatic carbocycles. The van der Waals surface area contributed by atoms with Crippen LogP contribution in [0.5, 0.6) is 0 Å². The number of nitrogens with zero attached hydrogens (tertiary/aromatic N) is 2. The molecular formula is C14H15FN4O3S. The number of rotatable bonds is 5. The number of hydrogen-bond donors (Lipinski definition) is 2. The van der Waals surface area contributed by atoms with Gasteiger partial charge in [0.15, 0.2) is 0 Å². The minimum Gasteiger partial charge on any atom is -0.290 e. The van der Waals surface area contributed by atoms with Crippen molar-refractivity contribution in [1.82, 2.24) is 10.4 Å². The molecule has 0 spiro atoms. The van der Waals surface area contributed by atoms with E-state index in [-0.39, 0.29) is 17.8 Å². The third kappa shape index (κ3) is 4.24. The second kappa shape index (κ2) is 6.71. The minimum atomic E-state index is -3.64. The van der Waals surface area contributed by atoms with Crippen molar-refractivity contribution < 1.29 is 17.6 Å². The van der Waals surface area contributed by atoms with Crippen molar-refractivity contribution in [2.75, 3.05) is 10.6 Å². The summed E-state index contributed by atoms with van der Waals surface area (Å²) in [6, 6.07) is 8.23. The molecule has 0 aliphatic rings. The molecule has 0 aliphatic heterocycles. The number of amides is 1. The zero-order valence-electron chi connectivity index (χ0n) is 12.2. The van der Waals surface area contributed by atoms with Gasteiger partial charge in [0.05, 0.1) is 29.7 Å². The van der Waals surface area contributed by atoms with Gasteiger partial charge in [-0.25, -0.2) is 18.7 Å². The number of benzene rings is 1. The van der Waals surface area contributed by atoms with Gasteiger partial charge in [0.1, 0.15) is 5.82 Å². The van der Waals surface area contributed by atoms with Crippen LogP contribution in [0.4, 0.5) is 10.1 Å². The van der Waals surface area contributed by atoms with Gasteiger partial charge in [-0.05, 0) is 30.3 Å². The number of carbonyl (C=O) groups excluding carboxylic acids is 1. The summed E-state index contributed by atoms with van der Waals surface area (Å²) in [5, 5.41) is 0. The highest BCUT2D eigenvalue weighted by atomic mass is 32.2. The first-order valence-corrected chi connectivity index (χ1v) is 8.35. The first-order chi connectivity index (χ1) is 10.8. The van der Waals surface area contributed by atoms with Crippen molar-refractivity contribution in [3.8, 4) is 0 Å². The number of halogens is 1. The fraction of sp³-hybridized carbons (Fsp3) is 0.143. The van der Waals surface area contributed by atoms with Crippen LogP contribution in [0.1, 0.15) is 16.1 Å². The molecule has 0 unspecified atom stereocenters. The molecular weight excluding hydrogens is 323 g/mol. The van der Waals surface area contributed by atoms with Gasteiger partial charge in [0.25, 0.3) is 5.91 Å². The van der Waals surface area contributed by atoms with Gasteiger partial charge in [0.2, 0.25) is 10.0 Å². The van der Waals surface area contributed by atoms with Crippen LogP contribution in [0.3, 0.4) is 0 Å². The van der Waals surface area contributed by atoms with E-state index in [2.05, 4.69) is 4.98 Å². The van der Waals surface area contributed by atoms with E-state index < -0.39 is 21.7 Å². The van der Waals surface area contributed by atoms with Crippen LogP contribution in [0, 0.1) is 5.82 Å². The highest BCUT2D eigenvalue weighted by Gasteiger charge is 2.19. The average Bonchev–Trinajstić information content (AvgIpc) is 2.51.